The molecule has 2 nitrogen and oxygen atoms in total. The van der Waals surface area contributed by atoms with Gasteiger partial charge in [0, 0.05) is 5.69 Å². The largest absolute Gasteiger partial charge is 0.489 e. The first-order valence-corrected chi connectivity index (χ1v) is 5.95. The van der Waals surface area contributed by atoms with Crippen molar-refractivity contribution in [3.8, 4) is 5.75 Å². The Morgan fingerprint density at radius 3 is 2.39 bits per heavy atom. The molecule has 1 N–H and O–H groups in total. The highest BCUT2D eigenvalue weighted by molar-refractivity contribution is 5.42. The SMILES string of the molecule is CC(CNc1ccc(F)cc1)Oc1ccccc1. The van der Waals surface area contributed by atoms with Gasteiger partial charge >= 0.3 is 0 Å². The maximum absolute atomic E-state index is 12.7. The Morgan fingerprint density at radius 1 is 1.06 bits per heavy atom. The molecule has 0 saturated heterocycles. The van der Waals surface area contributed by atoms with E-state index in [4.69, 9.17) is 4.74 Å². The summed E-state index contributed by atoms with van der Waals surface area (Å²) in [5.74, 6) is 0.625. The topological polar surface area (TPSA) is 21.3 Å². The van der Waals surface area contributed by atoms with Gasteiger partial charge in [-0.25, -0.2) is 4.39 Å². The highest BCUT2D eigenvalue weighted by Crippen LogP contribution is 2.12. The second-order valence-electron chi connectivity index (χ2n) is 4.13. The third-order valence-corrected chi connectivity index (χ3v) is 2.52. The Bertz CT molecular complexity index is 470. The number of benzene rings is 2. The fraction of sp³-hybridized carbons (Fsp3) is 0.200. The number of ether oxygens (including phenoxy) is 1. The average Bonchev–Trinajstić information content (AvgIpc) is 2.39. The number of rotatable bonds is 5. The smallest absolute Gasteiger partial charge is 0.123 e. The van der Waals surface area contributed by atoms with Crippen molar-refractivity contribution >= 4 is 5.69 Å². The van der Waals surface area contributed by atoms with Gasteiger partial charge in [0.2, 0.25) is 0 Å². The van der Waals surface area contributed by atoms with Crippen LogP contribution >= 0.6 is 0 Å². The van der Waals surface area contributed by atoms with Crippen LogP contribution in [0.1, 0.15) is 6.92 Å². The van der Waals surface area contributed by atoms with Crippen LogP contribution in [-0.2, 0) is 0 Å². The number of halogens is 1. The van der Waals surface area contributed by atoms with Crippen LogP contribution < -0.4 is 10.1 Å². The van der Waals surface area contributed by atoms with Gasteiger partial charge < -0.3 is 10.1 Å². The van der Waals surface area contributed by atoms with E-state index in [0.29, 0.717) is 6.54 Å². The lowest BCUT2D eigenvalue weighted by molar-refractivity contribution is 0.235. The van der Waals surface area contributed by atoms with E-state index in [1.54, 1.807) is 12.1 Å². The van der Waals surface area contributed by atoms with E-state index in [1.807, 2.05) is 37.3 Å². The summed E-state index contributed by atoms with van der Waals surface area (Å²) in [5.41, 5.74) is 0.889. The normalized spacial score (nSPS) is 11.9. The van der Waals surface area contributed by atoms with Gasteiger partial charge in [0.25, 0.3) is 0 Å². The molecular formula is C15H16FNO. The van der Waals surface area contributed by atoms with Crippen LogP contribution in [0.4, 0.5) is 10.1 Å². The summed E-state index contributed by atoms with van der Waals surface area (Å²) in [6.07, 6.45) is 0.0393. The molecule has 1 unspecified atom stereocenters. The highest BCUT2D eigenvalue weighted by Gasteiger charge is 2.03. The first kappa shape index (κ1) is 12.4. The lowest BCUT2D eigenvalue weighted by Gasteiger charge is -2.16. The molecule has 0 amide bonds. The fourth-order valence-electron chi connectivity index (χ4n) is 1.60. The van der Waals surface area contributed by atoms with Crippen molar-refractivity contribution in [3.05, 3.63) is 60.4 Å². The molecule has 18 heavy (non-hydrogen) atoms. The second-order valence-corrected chi connectivity index (χ2v) is 4.13. The number of para-hydroxylation sites is 1. The van der Waals surface area contributed by atoms with Crippen molar-refractivity contribution in [1.29, 1.82) is 0 Å². The summed E-state index contributed by atoms with van der Waals surface area (Å²) >= 11 is 0. The molecule has 0 aliphatic carbocycles. The van der Waals surface area contributed by atoms with Crippen LogP contribution in [0.15, 0.2) is 54.6 Å². The van der Waals surface area contributed by atoms with Crippen LogP contribution in [0, 0.1) is 5.82 Å². The monoisotopic (exact) mass is 245 g/mol. The van der Waals surface area contributed by atoms with Gasteiger partial charge in [0.15, 0.2) is 0 Å². The van der Waals surface area contributed by atoms with Gasteiger partial charge in [-0.3, -0.25) is 0 Å². The van der Waals surface area contributed by atoms with Crippen LogP contribution in [-0.4, -0.2) is 12.6 Å². The van der Waals surface area contributed by atoms with Gasteiger partial charge in [-0.2, -0.15) is 0 Å². The van der Waals surface area contributed by atoms with Gasteiger partial charge in [0.05, 0.1) is 6.54 Å². The third-order valence-electron chi connectivity index (χ3n) is 2.52. The zero-order valence-corrected chi connectivity index (χ0v) is 10.3. The molecule has 0 aliphatic heterocycles. The molecule has 0 radical (unpaired) electrons. The number of nitrogens with one attached hydrogen (secondary N) is 1. The maximum Gasteiger partial charge on any atom is 0.123 e. The fourth-order valence-corrected chi connectivity index (χ4v) is 1.60. The Labute approximate surface area is 106 Å². The quantitative estimate of drug-likeness (QED) is 0.867. The van der Waals surface area contributed by atoms with Crippen molar-refractivity contribution in [2.24, 2.45) is 0 Å². The van der Waals surface area contributed by atoms with Gasteiger partial charge in [-0.1, -0.05) is 18.2 Å². The zero-order chi connectivity index (χ0) is 12.8. The summed E-state index contributed by atoms with van der Waals surface area (Å²) < 4.78 is 18.4. The van der Waals surface area contributed by atoms with Gasteiger partial charge in [-0.15, -0.1) is 0 Å². The molecule has 0 bridgehead atoms. The summed E-state index contributed by atoms with van der Waals surface area (Å²) in [6.45, 7) is 2.66. The minimum Gasteiger partial charge on any atom is -0.489 e. The molecular weight excluding hydrogens is 229 g/mol. The molecule has 0 aliphatic rings. The first-order chi connectivity index (χ1) is 8.74. The molecule has 0 heterocycles. The van der Waals surface area contributed by atoms with E-state index in [9.17, 15) is 4.39 Å². The van der Waals surface area contributed by atoms with Crippen molar-refractivity contribution in [3.63, 3.8) is 0 Å². The second kappa shape index (κ2) is 6.05. The van der Waals surface area contributed by atoms with Gasteiger partial charge in [-0.05, 0) is 43.3 Å². The number of hydrogen-bond donors (Lipinski definition) is 1. The molecule has 1 atom stereocenters. The van der Waals surface area contributed by atoms with Crippen LogP contribution in [0.25, 0.3) is 0 Å². The number of anilines is 1. The Balaban J connectivity index is 1.81. The van der Waals surface area contributed by atoms with Crippen LogP contribution in [0.5, 0.6) is 5.75 Å². The predicted molar refractivity (Wildman–Crippen MR) is 71.4 cm³/mol. The molecule has 3 heteroatoms. The van der Waals surface area contributed by atoms with E-state index < -0.39 is 0 Å². The molecule has 0 saturated carbocycles. The summed E-state index contributed by atoms with van der Waals surface area (Å²) in [4.78, 5) is 0. The van der Waals surface area contributed by atoms with E-state index in [2.05, 4.69) is 5.32 Å². The lowest BCUT2D eigenvalue weighted by atomic mass is 10.3. The zero-order valence-electron chi connectivity index (χ0n) is 10.3. The minimum atomic E-state index is -0.228. The predicted octanol–water partition coefficient (Wildman–Crippen LogP) is 3.71. The standard InChI is InChI=1S/C15H16FNO/c1-12(18-15-5-3-2-4-6-15)11-17-14-9-7-13(16)8-10-14/h2-10,12,17H,11H2,1H3. The van der Waals surface area contributed by atoms with E-state index in [-0.39, 0.29) is 11.9 Å². The van der Waals surface area contributed by atoms with E-state index >= 15 is 0 Å². The Kier molecular flexibility index (Phi) is 4.18. The molecule has 0 fully saturated rings. The molecule has 94 valence electrons. The molecule has 2 rings (SSSR count). The minimum absolute atomic E-state index is 0.0393. The highest BCUT2D eigenvalue weighted by atomic mass is 19.1. The van der Waals surface area contributed by atoms with E-state index in [1.165, 1.54) is 12.1 Å². The van der Waals surface area contributed by atoms with Crippen molar-refractivity contribution in [2.45, 2.75) is 13.0 Å². The van der Waals surface area contributed by atoms with E-state index in [0.717, 1.165) is 11.4 Å². The Morgan fingerprint density at radius 2 is 1.72 bits per heavy atom. The molecule has 0 spiro atoms. The van der Waals surface area contributed by atoms with Crippen molar-refractivity contribution in [2.75, 3.05) is 11.9 Å². The van der Waals surface area contributed by atoms with Crippen LogP contribution in [0.3, 0.4) is 0 Å². The third kappa shape index (κ3) is 3.77. The Hall–Kier alpha value is -2.03. The molecule has 2 aromatic carbocycles. The first-order valence-electron chi connectivity index (χ1n) is 5.95. The van der Waals surface area contributed by atoms with Crippen LogP contribution in [0.2, 0.25) is 0 Å². The molecule has 0 aromatic heterocycles. The van der Waals surface area contributed by atoms with Crippen molar-refractivity contribution in [1.82, 2.24) is 0 Å². The average molecular weight is 245 g/mol. The molecule has 2 aromatic rings. The lowest BCUT2D eigenvalue weighted by Crippen LogP contribution is -2.22. The van der Waals surface area contributed by atoms with Gasteiger partial charge in [0.1, 0.15) is 17.7 Å². The maximum atomic E-state index is 12.7. The summed E-state index contributed by atoms with van der Waals surface area (Å²) in [7, 11) is 0. The van der Waals surface area contributed by atoms with Crippen molar-refractivity contribution < 1.29 is 9.13 Å². The summed E-state index contributed by atoms with van der Waals surface area (Å²) in [5, 5.41) is 3.20. The number of hydrogen-bond acceptors (Lipinski definition) is 2. The summed E-state index contributed by atoms with van der Waals surface area (Å²) in [6, 6.07) is 16.0.